The van der Waals surface area contributed by atoms with Crippen LogP contribution in [0.3, 0.4) is 0 Å². The molecule has 1 saturated heterocycles. The third kappa shape index (κ3) is 3.95. The largest absolute Gasteiger partial charge is 0.573 e. The first-order chi connectivity index (χ1) is 13.3. The van der Waals surface area contributed by atoms with E-state index in [0.29, 0.717) is 11.7 Å². The van der Waals surface area contributed by atoms with Crippen LogP contribution < -0.4 is 4.74 Å². The van der Waals surface area contributed by atoms with Gasteiger partial charge in [-0.25, -0.2) is 4.98 Å². The molecule has 150 valence electrons. The normalized spacial score (nSPS) is 22.5. The number of carbonyl (C=O) groups excluding carboxylic acids is 1. The van der Waals surface area contributed by atoms with Gasteiger partial charge in [-0.15, -0.1) is 13.2 Å². The highest BCUT2D eigenvalue weighted by Gasteiger charge is 2.39. The summed E-state index contributed by atoms with van der Waals surface area (Å²) >= 11 is 0. The van der Waals surface area contributed by atoms with Gasteiger partial charge >= 0.3 is 6.36 Å². The Morgan fingerprint density at radius 2 is 1.93 bits per heavy atom. The minimum Gasteiger partial charge on any atom is -0.406 e. The van der Waals surface area contributed by atoms with Crippen molar-refractivity contribution in [2.75, 3.05) is 19.8 Å². The highest BCUT2D eigenvalue weighted by Crippen LogP contribution is 2.39. The van der Waals surface area contributed by atoms with Crippen molar-refractivity contribution in [1.82, 2.24) is 20.1 Å². The van der Waals surface area contributed by atoms with Gasteiger partial charge in [0, 0.05) is 36.4 Å². The Morgan fingerprint density at radius 3 is 2.54 bits per heavy atom. The number of benzene rings is 1. The zero-order valence-corrected chi connectivity index (χ0v) is 14.7. The summed E-state index contributed by atoms with van der Waals surface area (Å²) < 4.78 is 54.1. The van der Waals surface area contributed by atoms with Gasteiger partial charge in [-0.1, -0.05) is 0 Å². The summed E-state index contributed by atoms with van der Waals surface area (Å²) in [5.41, 5.74) is 0.212. The maximum atomic E-state index is 13.5. The van der Waals surface area contributed by atoms with Crippen molar-refractivity contribution in [1.29, 1.82) is 0 Å². The topological polar surface area (TPSA) is 71.1 Å². The Kier molecular flexibility index (Phi) is 4.72. The lowest BCUT2D eigenvalue weighted by atomic mass is 9.97. The number of likely N-dealkylation sites (tertiary alicyclic amines) is 1. The van der Waals surface area contributed by atoms with Crippen molar-refractivity contribution in [2.45, 2.75) is 31.0 Å². The molecule has 28 heavy (non-hydrogen) atoms. The SMILES string of the molecule is O=C(c1ccc(OC(F)(F)F)cc1)N1CC(CF)C(c2nc(C3CC3)n[nH]2)C1. The van der Waals surface area contributed by atoms with Crippen LogP contribution in [0.1, 0.15) is 46.7 Å². The molecule has 1 aliphatic carbocycles. The van der Waals surface area contributed by atoms with Gasteiger partial charge in [-0.2, -0.15) is 5.10 Å². The second-order valence-corrected chi connectivity index (χ2v) is 7.16. The molecule has 1 aromatic carbocycles. The lowest BCUT2D eigenvalue weighted by Gasteiger charge is -2.16. The van der Waals surface area contributed by atoms with Crippen molar-refractivity contribution in [2.24, 2.45) is 5.92 Å². The molecular formula is C18H18F4N4O2. The van der Waals surface area contributed by atoms with Gasteiger partial charge in [-0.05, 0) is 37.1 Å². The fourth-order valence-corrected chi connectivity index (χ4v) is 3.46. The highest BCUT2D eigenvalue weighted by molar-refractivity contribution is 5.94. The summed E-state index contributed by atoms with van der Waals surface area (Å²) in [6.45, 7) is -0.125. The van der Waals surface area contributed by atoms with E-state index in [4.69, 9.17) is 0 Å². The van der Waals surface area contributed by atoms with E-state index < -0.39 is 24.7 Å². The number of aromatic amines is 1. The van der Waals surface area contributed by atoms with E-state index in [2.05, 4.69) is 19.9 Å². The molecule has 1 aliphatic heterocycles. The van der Waals surface area contributed by atoms with E-state index in [0.717, 1.165) is 30.8 Å². The quantitative estimate of drug-likeness (QED) is 0.784. The van der Waals surface area contributed by atoms with Gasteiger partial charge in [0.1, 0.15) is 11.6 Å². The number of nitrogens with zero attached hydrogens (tertiary/aromatic N) is 3. The number of alkyl halides is 4. The molecule has 2 aromatic rings. The van der Waals surface area contributed by atoms with Crippen LogP contribution in [0.15, 0.2) is 24.3 Å². The molecular weight excluding hydrogens is 380 g/mol. The molecule has 4 rings (SSSR count). The number of H-pyrrole nitrogens is 1. The minimum absolute atomic E-state index is 0.209. The second kappa shape index (κ2) is 7.06. The van der Waals surface area contributed by atoms with Gasteiger partial charge in [-0.3, -0.25) is 14.3 Å². The van der Waals surface area contributed by atoms with E-state index >= 15 is 0 Å². The number of aromatic nitrogens is 3. The zero-order chi connectivity index (χ0) is 19.9. The first kappa shape index (κ1) is 18.7. The Labute approximate surface area is 157 Å². The molecule has 10 heteroatoms. The van der Waals surface area contributed by atoms with Crippen LogP contribution in [-0.2, 0) is 0 Å². The monoisotopic (exact) mass is 398 g/mol. The number of carbonyl (C=O) groups is 1. The Bertz CT molecular complexity index is 848. The van der Waals surface area contributed by atoms with Crippen LogP contribution in [0.4, 0.5) is 17.6 Å². The van der Waals surface area contributed by atoms with Crippen LogP contribution in [0.25, 0.3) is 0 Å². The molecule has 0 spiro atoms. The summed E-state index contributed by atoms with van der Waals surface area (Å²) in [6.07, 6.45) is -2.70. The number of hydrogen-bond donors (Lipinski definition) is 1. The zero-order valence-electron chi connectivity index (χ0n) is 14.7. The summed E-state index contributed by atoms with van der Waals surface area (Å²) in [5.74, 6) is 0.205. The fourth-order valence-electron chi connectivity index (χ4n) is 3.46. The van der Waals surface area contributed by atoms with Gasteiger partial charge in [0.25, 0.3) is 5.91 Å². The number of hydrogen-bond acceptors (Lipinski definition) is 4. The Hall–Kier alpha value is -2.65. The Balaban J connectivity index is 1.45. The third-order valence-corrected chi connectivity index (χ3v) is 5.07. The van der Waals surface area contributed by atoms with E-state index in [9.17, 15) is 22.4 Å². The molecule has 1 N–H and O–H groups in total. The van der Waals surface area contributed by atoms with Crippen molar-refractivity contribution in [3.63, 3.8) is 0 Å². The molecule has 2 atom stereocenters. The summed E-state index contributed by atoms with van der Waals surface area (Å²) in [6, 6.07) is 4.69. The predicted octanol–water partition coefficient (Wildman–Crippen LogP) is 3.41. The molecule has 1 aromatic heterocycles. The van der Waals surface area contributed by atoms with Crippen LogP contribution in [0.2, 0.25) is 0 Å². The maximum absolute atomic E-state index is 13.5. The van der Waals surface area contributed by atoms with Crippen LogP contribution in [0, 0.1) is 5.92 Å². The van der Waals surface area contributed by atoms with E-state index in [1.807, 2.05) is 0 Å². The number of ether oxygens (including phenoxy) is 1. The predicted molar refractivity (Wildman–Crippen MR) is 89.6 cm³/mol. The molecule has 2 aliphatic rings. The molecule has 1 amide bonds. The maximum Gasteiger partial charge on any atom is 0.573 e. The third-order valence-electron chi connectivity index (χ3n) is 5.07. The van der Waals surface area contributed by atoms with Gasteiger partial charge in [0.2, 0.25) is 0 Å². The van der Waals surface area contributed by atoms with E-state index in [1.54, 1.807) is 0 Å². The van der Waals surface area contributed by atoms with Crippen molar-refractivity contribution >= 4 is 5.91 Å². The first-order valence-electron chi connectivity index (χ1n) is 8.97. The smallest absolute Gasteiger partial charge is 0.406 e. The van der Waals surface area contributed by atoms with E-state index in [1.165, 1.54) is 17.0 Å². The van der Waals surface area contributed by atoms with Gasteiger partial charge in [0.15, 0.2) is 5.82 Å². The van der Waals surface area contributed by atoms with Crippen molar-refractivity contribution < 1.29 is 27.1 Å². The molecule has 2 heterocycles. The van der Waals surface area contributed by atoms with Crippen LogP contribution >= 0.6 is 0 Å². The standard InChI is InChI=1S/C18H18F4N4O2/c19-7-12-8-26(9-14(12)16-23-15(24-25-16)10-1-2-10)17(27)11-3-5-13(6-4-11)28-18(20,21)22/h3-6,10,12,14H,1-2,7-9H2,(H,23,24,25). The number of nitrogens with one attached hydrogen (secondary N) is 1. The van der Waals surface area contributed by atoms with Crippen LogP contribution in [0.5, 0.6) is 5.75 Å². The summed E-state index contributed by atoms with van der Waals surface area (Å²) in [5, 5.41) is 7.06. The van der Waals surface area contributed by atoms with Crippen molar-refractivity contribution in [3.05, 3.63) is 41.5 Å². The molecule has 0 radical (unpaired) electrons. The second-order valence-electron chi connectivity index (χ2n) is 7.16. The molecule has 2 unspecified atom stereocenters. The average molecular weight is 398 g/mol. The van der Waals surface area contributed by atoms with Gasteiger partial charge in [0.05, 0.1) is 6.67 Å². The number of halogens is 4. The lowest BCUT2D eigenvalue weighted by Crippen LogP contribution is -2.29. The molecule has 2 fully saturated rings. The number of amides is 1. The Morgan fingerprint density at radius 1 is 1.21 bits per heavy atom. The number of rotatable bonds is 5. The van der Waals surface area contributed by atoms with Crippen molar-refractivity contribution in [3.8, 4) is 5.75 Å². The molecule has 6 nitrogen and oxygen atoms in total. The summed E-state index contributed by atoms with van der Waals surface area (Å²) in [4.78, 5) is 18.7. The van der Waals surface area contributed by atoms with Crippen LogP contribution in [-0.4, -0.2) is 52.1 Å². The first-order valence-corrected chi connectivity index (χ1v) is 8.97. The molecule has 0 bridgehead atoms. The minimum atomic E-state index is -4.79. The van der Waals surface area contributed by atoms with E-state index in [-0.39, 0.29) is 30.5 Å². The summed E-state index contributed by atoms with van der Waals surface area (Å²) in [7, 11) is 0. The fraction of sp³-hybridized carbons (Fsp3) is 0.500. The molecule has 1 saturated carbocycles. The lowest BCUT2D eigenvalue weighted by molar-refractivity contribution is -0.274. The average Bonchev–Trinajstić information content (AvgIpc) is 3.23. The van der Waals surface area contributed by atoms with Gasteiger partial charge < -0.3 is 9.64 Å². The highest BCUT2D eigenvalue weighted by atomic mass is 19.4.